The van der Waals surface area contributed by atoms with Crippen molar-refractivity contribution in [3.05, 3.63) is 119 Å². The molecule has 0 aliphatic carbocycles. The third-order valence-corrected chi connectivity index (χ3v) is 7.33. The standard InChI is InChI=1S/C33H15F2N5/c34-26-8-5-9-27(35)33(26)40-29-11-4-2-7-23(29)25-13-12-24-22-6-1-3-10-28(22)39(31(24)32(25)40)30-20(17-37)14-19(16-36)15-21(30)18-38/h1-15H. The van der Waals surface area contributed by atoms with E-state index in [0.717, 1.165) is 21.5 Å². The first kappa shape index (κ1) is 23.2. The van der Waals surface area contributed by atoms with E-state index in [1.807, 2.05) is 66.7 Å². The molecule has 0 unspecified atom stereocenters. The number of para-hydroxylation sites is 3. The number of fused-ring (bicyclic) bond motifs is 7. The van der Waals surface area contributed by atoms with Crippen molar-refractivity contribution in [2.45, 2.75) is 0 Å². The van der Waals surface area contributed by atoms with E-state index in [1.54, 1.807) is 9.13 Å². The van der Waals surface area contributed by atoms with Gasteiger partial charge >= 0.3 is 0 Å². The van der Waals surface area contributed by atoms with Crippen molar-refractivity contribution < 1.29 is 8.78 Å². The van der Waals surface area contributed by atoms with Crippen LogP contribution in [0, 0.1) is 45.6 Å². The molecule has 0 aliphatic heterocycles. The van der Waals surface area contributed by atoms with Crippen molar-refractivity contribution in [2.24, 2.45) is 0 Å². The summed E-state index contributed by atoms with van der Waals surface area (Å²) >= 11 is 0. The molecular formula is C33H15F2N5. The summed E-state index contributed by atoms with van der Waals surface area (Å²) in [6, 6.07) is 31.8. The molecule has 186 valence electrons. The molecule has 5 nitrogen and oxygen atoms in total. The highest BCUT2D eigenvalue weighted by atomic mass is 19.1. The van der Waals surface area contributed by atoms with Crippen LogP contribution in [0.1, 0.15) is 16.7 Å². The number of benzene rings is 5. The third-order valence-electron chi connectivity index (χ3n) is 7.33. The Bertz CT molecular complexity index is 2280. The lowest BCUT2D eigenvalue weighted by Crippen LogP contribution is -2.05. The fourth-order valence-corrected chi connectivity index (χ4v) is 5.78. The van der Waals surface area contributed by atoms with E-state index in [2.05, 4.69) is 12.1 Å². The van der Waals surface area contributed by atoms with Gasteiger partial charge in [-0.1, -0.05) is 54.6 Å². The Morgan fingerprint density at radius 1 is 0.500 bits per heavy atom. The lowest BCUT2D eigenvalue weighted by molar-refractivity contribution is 0.573. The quantitative estimate of drug-likeness (QED) is 0.234. The Morgan fingerprint density at radius 2 is 0.975 bits per heavy atom. The van der Waals surface area contributed by atoms with E-state index in [0.29, 0.717) is 27.8 Å². The largest absolute Gasteiger partial charge is 0.305 e. The second kappa shape index (κ2) is 8.53. The maximum Gasteiger partial charge on any atom is 0.150 e. The first-order valence-electron chi connectivity index (χ1n) is 12.4. The van der Waals surface area contributed by atoms with Gasteiger partial charge in [0, 0.05) is 21.5 Å². The van der Waals surface area contributed by atoms with Gasteiger partial charge in [-0.15, -0.1) is 0 Å². The molecule has 0 spiro atoms. The minimum Gasteiger partial charge on any atom is -0.305 e. The van der Waals surface area contributed by atoms with Crippen molar-refractivity contribution in [3.63, 3.8) is 0 Å². The average molecular weight is 520 g/mol. The summed E-state index contributed by atoms with van der Waals surface area (Å²) in [5.74, 6) is -1.45. The summed E-state index contributed by atoms with van der Waals surface area (Å²) in [5.41, 5.74) is 2.94. The van der Waals surface area contributed by atoms with E-state index >= 15 is 8.78 Å². The highest BCUT2D eigenvalue weighted by Gasteiger charge is 2.25. The van der Waals surface area contributed by atoms with Crippen LogP contribution in [0.15, 0.2) is 91.0 Å². The van der Waals surface area contributed by atoms with Crippen LogP contribution in [0.3, 0.4) is 0 Å². The summed E-state index contributed by atoms with van der Waals surface area (Å²) in [7, 11) is 0. The molecule has 0 amide bonds. The van der Waals surface area contributed by atoms with Crippen LogP contribution >= 0.6 is 0 Å². The Balaban J connectivity index is 1.83. The molecule has 0 atom stereocenters. The molecule has 7 heteroatoms. The fraction of sp³-hybridized carbons (Fsp3) is 0. The Morgan fingerprint density at radius 3 is 1.45 bits per heavy atom. The van der Waals surface area contributed by atoms with E-state index in [1.165, 1.54) is 30.3 Å². The fourth-order valence-electron chi connectivity index (χ4n) is 5.78. The number of hydrogen-bond donors (Lipinski definition) is 0. The summed E-state index contributed by atoms with van der Waals surface area (Å²) < 4.78 is 34.3. The monoisotopic (exact) mass is 519 g/mol. The van der Waals surface area contributed by atoms with Gasteiger partial charge in [-0.3, -0.25) is 0 Å². The van der Waals surface area contributed by atoms with Gasteiger partial charge in [-0.05, 0) is 36.4 Å². The van der Waals surface area contributed by atoms with Crippen LogP contribution in [-0.2, 0) is 0 Å². The van der Waals surface area contributed by atoms with E-state index in [4.69, 9.17) is 0 Å². The first-order chi connectivity index (χ1) is 19.6. The minimum atomic E-state index is -0.726. The zero-order valence-electron chi connectivity index (χ0n) is 20.7. The first-order valence-corrected chi connectivity index (χ1v) is 12.4. The molecule has 0 aliphatic rings. The molecule has 0 bridgehead atoms. The van der Waals surface area contributed by atoms with Crippen LogP contribution in [0.2, 0.25) is 0 Å². The molecule has 0 saturated carbocycles. The summed E-state index contributed by atoms with van der Waals surface area (Å²) in [4.78, 5) is 0. The number of rotatable bonds is 2. The third kappa shape index (κ3) is 3.02. The van der Waals surface area contributed by atoms with Gasteiger partial charge in [0.15, 0.2) is 0 Å². The summed E-state index contributed by atoms with van der Waals surface area (Å²) in [6.07, 6.45) is 0. The molecule has 0 N–H and O–H groups in total. The molecule has 0 fully saturated rings. The van der Waals surface area contributed by atoms with Crippen LogP contribution in [0.25, 0.3) is 55.0 Å². The predicted molar refractivity (Wildman–Crippen MR) is 149 cm³/mol. The average Bonchev–Trinajstić information content (AvgIpc) is 3.49. The summed E-state index contributed by atoms with van der Waals surface area (Å²) in [5, 5.41) is 33.0. The molecule has 2 heterocycles. The van der Waals surface area contributed by atoms with Gasteiger partial charge < -0.3 is 9.13 Å². The Kier molecular flexibility index (Phi) is 4.94. The Hall–Kier alpha value is -5.97. The molecule has 7 rings (SSSR count). The normalized spacial score (nSPS) is 11.2. The number of aromatic nitrogens is 2. The van der Waals surface area contributed by atoms with Gasteiger partial charge in [0.2, 0.25) is 0 Å². The van der Waals surface area contributed by atoms with Crippen molar-refractivity contribution in [3.8, 4) is 29.6 Å². The molecular weight excluding hydrogens is 504 g/mol. The second-order valence-corrected chi connectivity index (χ2v) is 9.39. The smallest absolute Gasteiger partial charge is 0.150 e. The van der Waals surface area contributed by atoms with Gasteiger partial charge in [0.1, 0.15) is 29.5 Å². The number of nitrogens with zero attached hydrogens (tertiary/aromatic N) is 5. The highest BCUT2D eigenvalue weighted by molar-refractivity contribution is 6.24. The van der Waals surface area contributed by atoms with Crippen LogP contribution in [0.4, 0.5) is 8.78 Å². The van der Waals surface area contributed by atoms with Gasteiger partial charge in [-0.25, -0.2) is 8.78 Å². The molecule has 2 aromatic heterocycles. The van der Waals surface area contributed by atoms with Crippen molar-refractivity contribution >= 4 is 43.6 Å². The number of hydrogen-bond acceptors (Lipinski definition) is 3. The van der Waals surface area contributed by atoms with Crippen molar-refractivity contribution in [1.82, 2.24) is 9.13 Å². The van der Waals surface area contributed by atoms with Gasteiger partial charge in [0.05, 0.1) is 50.5 Å². The van der Waals surface area contributed by atoms with Crippen LogP contribution < -0.4 is 0 Å². The molecule has 5 aromatic carbocycles. The number of nitriles is 3. The zero-order chi connectivity index (χ0) is 27.5. The predicted octanol–water partition coefficient (Wildman–Crippen LogP) is 7.77. The van der Waals surface area contributed by atoms with E-state index < -0.39 is 11.6 Å². The van der Waals surface area contributed by atoms with Crippen molar-refractivity contribution in [2.75, 3.05) is 0 Å². The van der Waals surface area contributed by atoms with Crippen molar-refractivity contribution in [1.29, 1.82) is 15.8 Å². The van der Waals surface area contributed by atoms with Crippen LogP contribution in [0.5, 0.6) is 0 Å². The minimum absolute atomic E-state index is 0.134. The number of halogens is 2. The van der Waals surface area contributed by atoms with Gasteiger partial charge in [-0.2, -0.15) is 15.8 Å². The molecule has 7 aromatic rings. The topological polar surface area (TPSA) is 81.2 Å². The highest BCUT2D eigenvalue weighted by Crippen LogP contribution is 2.43. The molecule has 0 radical (unpaired) electrons. The SMILES string of the molecule is N#Cc1cc(C#N)c(-n2c3ccccc3c3ccc4c5ccccc5n(-c5c(F)cccc5F)c4c32)c(C#N)c1. The Labute approximate surface area is 226 Å². The van der Waals surface area contributed by atoms with Crippen LogP contribution in [-0.4, -0.2) is 9.13 Å². The van der Waals surface area contributed by atoms with E-state index in [-0.39, 0.29) is 22.4 Å². The maximum absolute atomic E-state index is 15.4. The maximum atomic E-state index is 15.4. The lowest BCUT2D eigenvalue weighted by atomic mass is 10.0. The van der Waals surface area contributed by atoms with Gasteiger partial charge in [0.25, 0.3) is 0 Å². The lowest BCUT2D eigenvalue weighted by Gasteiger charge is -2.15. The zero-order valence-corrected chi connectivity index (χ0v) is 20.7. The van der Waals surface area contributed by atoms with E-state index in [9.17, 15) is 15.8 Å². The second-order valence-electron chi connectivity index (χ2n) is 9.39. The molecule has 0 saturated heterocycles. The molecule has 40 heavy (non-hydrogen) atoms. The summed E-state index contributed by atoms with van der Waals surface area (Å²) in [6.45, 7) is 0.